The minimum absolute atomic E-state index is 0.0691. The zero-order valence-corrected chi connectivity index (χ0v) is 18.3. The van der Waals surface area contributed by atoms with E-state index in [2.05, 4.69) is 10.2 Å². The highest BCUT2D eigenvalue weighted by Gasteiger charge is 2.31. The molecule has 32 heavy (non-hydrogen) atoms. The number of hydrogen-bond donors (Lipinski definition) is 0. The highest BCUT2D eigenvalue weighted by Crippen LogP contribution is 2.35. The van der Waals surface area contributed by atoms with Crippen molar-refractivity contribution in [1.82, 2.24) is 19.7 Å². The van der Waals surface area contributed by atoms with Crippen LogP contribution < -0.4 is 0 Å². The number of morpholine rings is 1. The molecule has 0 saturated carbocycles. The number of rotatable bonds is 5. The summed E-state index contributed by atoms with van der Waals surface area (Å²) >= 11 is 7.43. The van der Waals surface area contributed by atoms with Crippen LogP contribution in [0, 0.1) is 0 Å². The number of ether oxygens (including phenoxy) is 1. The first-order valence-corrected chi connectivity index (χ1v) is 11.1. The van der Waals surface area contributed by atoms with E-state index in [0.29, 0.717) is 42.0 Å². The van der Waals surface area contributed by atoms with Crippen molar-refractivity contribution in [2.24, 2.45) is 0 Å². The van der Waals surface area contributed by atoms with E-state index in [1.165, 1.54) is 16.7 Å². The number of halogens is 4. The molecule has 1 amide bonds. The third-order valence-corrected chi connectivity index (χ3v) is 6.11. The second-order valence-corrected chi connectivity index (χ2v) is 8.30. The second kappa shape index (κ2) is 9.51. The summed E-state index contributed by atoms with van der Waals surface area (Å²) in [5, 5.41) is 9.02. The summed E-state index contributed by atoms with van der Waals surface area (Å²) in [5.41, 5.74) is -0.0550. The van der Waals surface area contributed by atoms with Crippen molar-refractivity contribution in [2.45, 2.75) is 11.3 Å². The van der Waals surface area contributed by atoms with E-state index in [9.17, 15) is 18.0 Å². The lowest BCUT2D eigenvalue weighted by atomic mass is 10.1. The van der Waals surface area contributed by atoms with Gasteiger partial charge in [0.25, 0.3) is 0 Å². The fourth-order valence-electron chi connectivity index (χ4n) is 3.26. The lowest BCUT2D eigenvalue weighted by Gasteiger charge is -2.26. The van der Waals surface area contributed by atoms with E-state index in [1.54, 1.807) is 29.2 Å². The van der Waals surface area contributed by atoms with Gasteiger partial charge in [-0.15, -0.1) is 10.2 Å². The molecular weight excluding hydrogens is 465 g/mol. The highest BCUT2D eigenvalue weighted by molar-refractivity contribution is 7.99. The van der Waals surface area contributed by atoms with Crippen molar-refractivity contribution in [1.29, 1.82) is 0 Å². The monoisotopic (exact) mass is 482 g/mol. The molecule has 0 bridgehead atoms. The molecule has 1 fully saturated rings. The van der Waals surface area contributed by atoms with Gasteiger partial charge in [0.2, 0.25) is 5.91 Å². The van der Waals surface area contributed by atoms with Crippen molar-refractivity contribution in [3.63, 3.8) is 0 Å². The van der Waals surface area contributed by atoms with Crippen molar-refractivity contribution in [2.75, 3.05) is 32.1 Å². The molecule has 1 aliphatic rings. The first-order chi connectivity index (χ1) is 15.3. The van der Waals surface area contributed by atoms with Crippen molar-refractivity contribution in [3.8, 4) is 17.1 Å². The molecule has 1 aliphatic heterocycles. The Labute approximate surface area is 191 Å². The van der Waals surface area contributed by atoms with E-state index >= 15 is 0 Å². The van der Waals surface area contributed by atoms with E-state index in [4.69, 9.17) is 16.3 Å². The molecule has 2 heterocycles. The summed E-state index contributed by atoms with van der Waals surface area (Å²) in [5.74, 6) is 0.257. The number of amides is 1. The summed E-state index contributed by atoms with van der Waals surface area (Å²) in [6.45, 7) is 1.97. The minimum atomic E-state index is -4.51. The lowest BCUT2D eigenvalue weighted by Crippen LogP contribution is -2.41. The smallest absolute Gasteiger partial charge is 0.378 e. The number of carbonyl (C=O) groups is 1. The van der Waals surface area contributed by atoms with Crippen molar-refractivity contribution in [3.05, 3.63) is 59.1 Å². The Morgan fingerprint density at radius 1 is 1.09 bits per heavy atom. The molecule has 3 aromatic rings. The third-order valence-electron chi connectivity index (χ3n) is 4.87. The second-order valence-electron chi connectivity index (χ2n) is 6.95. The molecule has 0 aliphatic carbocycles. The van der Waals surface area contributed by atoms with E-state index in [-0.39, 0.29) is 23.2 Å². The van der Waals surface area contributed by atoms with Gasteiger partial charge in [0.15, 0.2) is 11.0 Å². The molecule has 2 aromatic carbocycles. The number of benzene rings is 2. The predicted molar refractivity (Wildman–Crippen MR) is 115 cm³/mol. The molecule has 1 aromatic heterocycles. The van der Waals surface area contributed by atoms with Gasteiger partial charge in [-0.1, -0.05) is 41.6 Å². The first kappa shape index (κ1) is 22.6. The third kappa shape index (κ3) is 4.92. The van der Waals surface area contributed by atoms with Crippen LogP contribution in [0.1, 0.15) is 5.56 Å². The van der Waals surface area contributed by atoms with Crippen LogP contribution in [0.5, 0.6) is 0 Å². The molecule has 0 spiro atoms. The van der Waals surface area contributed by atoms with Crippen molar-refractivity contribution < 1.29 is 22.7 Å². The number of thioether (sulfide) groups is 1. The van der Waals surface area contributed by atoms with Gasteiger partial charge in [0.05, 0.1) is 35.2 Å². The SMILES string of the molecule is O=C(CSc1nnc(-c2ccccc2Cl)n1-c1cccc(C(F)(F)F)c1)N1CCOCC1. The van der Waals surface area contributed by atoms with Gasteiger partial charge in [-0.05, 0) is 30.3 Å². The molecule has 11 heteroatoms. The Morgan fingerprint density at radius 2 is 1.84 bits per heavy atom. The zero-order valence-electron chi connectivity index (χ0n) is 16.7. The average Bonchev–Trinajstić information content (AvgIpc) is 3.21. The number of alkyl halides is 3. The van der Waals surface area contributed by atoms with E-state index in [1.807, 2.05) is 0 Å². The Kier molecular flexibility index (Phi) is 6.73. The normalized spacial score (nSPS) is 14.6. The zero-order chi connectivity index (χ0) is 22.7. The van der Waals surface area contributed by atoms with Crippen LogP contribution in [0.2, 0.25) is 5.02 Å². The molecule has 4 rings (SSSR count). The van der Waals surface area contributed by atoms with Gasteiger partial charge < -0.3 is 9.64 Å². The molecule has 1 saturated heterocycles. The lowest BCUT2D eigenvalue weighted by molar-refractivity contribution is -0.137. The molecular formula is C21H18ClF3N4O2S. The minimum Gasteiger partial charge on any atom is -0.378 e. The van der Waals surface area contributed by atoms with Crippen LogP contribution in [-0.2, 0) is 15.7 Å². The molecule has 0 N–H and O–H groups in total. The maximum absolute atomic E-state index is 13.3. The van der Waals surface area contributed by atoms with Gasteiger partial charge in [-0.2, -0.15) is 13.2 Å². The maximum atomic E-state index is 13.3. The van der Waals surface area contributed by atoms with Crippen LogP contribution in [0.25, 0.3) is 17.1 Å². The fourth-order valence-corrected chi connectivity index (χ4v) is 4.34. The number of nitrogens with zero attached hydrogens (tertiary/aromatic N) is 4. The molecule has 0 radical (unpaired) electrons. The predicted octanol–water partition coefficient (Wildman–Crippen LogP) is 4.56. The molecule has 0 unspecified atom stereocenters. The summed E-state index contributed by atoms with van der Waals surface area (Å²) < 4.78 is 46.7. The fraction of sp³-hybridized carbons (Fsp3) is 0.286. The summed E-state index contributed by atoms with van der Waals surface area (Å²) in [6.07, 6.45) is -4.51. The summed E-state index contributed by atoms with van der Waals surface area (Å²) in [7, 11) is 0. The van der Waals surface area contributed by atoms with Crippen LogP contribution in [0.4, 0.5) is 13.2 Å². The number of aromatic nitrogens is 3. The maximum Gasteiger partial charge on any atom is 0.416 e. The first-order valence-electron chi connectivity index (χ1n) is 9.71. The molecule has 168 valence electrons. The van der Waals surface area contributed by atoms with Crippen molar-refractivity contribution >= 4 is 29.3 Å². The Hall–Kier alpha value is -2.56. The highest BCUT2D eigenvalue weighted by atomic mass is 35.5. The Morgan fingerprint density at radius 3 is 2.56 bits per heavy atom. The largest absolute Gasteiger partial charge is 0.416 e. The standard InChI is InChI=1S/C21H18ClF3N4O2S/c22-17-7-2-1-6-16(17)19-26-27-20(32-13-18(30)28-8-10-31-11-9-28)29(19)15-5-3-4-14(12-15)21(23,24)25/h1-7,12H,8-11,13H2. The van der Waals surface area contributed by atoms with Gasteiger partial charge in [0, 0.05) is 18.7 Å². The van der Waals surface area contributed by atoms with Gasteiger partial charge in [0.1, 0.15) is 0 Å². The Bertz CT molecular complexity index is 1120. The van der Waals surface area contributed by atoms with E-state index in [0.717, 1.165) is 23.9 Å². The van der Waals surface area contributed by atoms with Crippen LogP contribution in [0.15, 0.2) is 53.7 Å². The summed E-state index contributed by atoms with van der Waals surface area (Å²) in [4.78, 5) is 14.2. The molecule has 0 atom stereocenters. The number of hydrogen-bond acceptors (Lipinski definition) is 5. The quantitative estimate of drug-likeness (QED) is 0.499. The van der Waals surface area contributed by atoms with E-state index < -0.39 is 11.7 Å². The van der Waals surface area contributed by atoms with Gasteiger partial charge >= 0.3 is 6.18 Å². The van der Waals surface area contributed by atoms with Crippen LogP contribution >= 0.6 is 23.4 Å². The van der Waals surface area contributed by atoms with Gasteiger partial charge in [-0.3, -0.25) is 9.36 Å². The molecule has 6 nitrogen and oxygen atoms in total. The summed E-state index contributed by atoms with van der Waals surface area (Å²) in [6, 6.07) is 11.7. The average molecular weight is 483 g/mol. The van der Waals surface area contributed by atoms with Gasteiger partial charge in [-0.25, -0.2) is 0 Å². The topological polar surface area (TPSA) is 60.2 Å². The Balaban J connectivity index is 1.71. The van der Waals surface area contributed by atoms with Crippen LogP contribution in [0.3, 0.4) is 0 Å². The number of carbonyl (C=O) groups excluding carboxylic acids is 1. The van der Waals surface area contributed by atoms with Crippen LogP contribution in [-0.4, -0.2) is 57.6 Å².